The van der Waals surface area contributed by atoms with Crippen LogP contribution in [-0.4, -0.2) is 84.5 Å². The first-order valence-electron chi connectivity index (χ1n) is 16.5. The normalized spacial score (nSPS) is 17.3. The largest absolute Gasteiger partial charge is 0.494 e. The van der Waals surface area contributed by atoms with E-state index in [4.69, 9.17) is 4.74 Å². The van der Waals surface area contributed by atoms with Gasteiger partial charge in [0, 0.05) is 42.5 Å². The lowest BCUT2D eigenvalue weighted by atomic mass is 9.85. The number of hydrogen-bond donors (Lipinski definition) is 4. The smallest absolute Gasteiger partial charge is 0.247 e. The first-order chi connectivity index (χ1) is 22.5. The number of likely N-dealkylation sites (N-methyl/N-ethyl adjacent to an activating group) is 1. The van der Waals surface area contributed by atoms with Gasteiger partial charge in [0.1, 0.15) is 30.0 Å². The molecule has 14 heteroatoms. The molecule has 1 unspecified atom stereocenters. The SMILES string of the molecule is CN[C@@H](C)C(=O)N[C@H](C(=O)N1CCCC1C(=O)Nc1cc2c(Nc3ccc(N4CCCCC4)cc3)ncnc2cc1OC)C(C)(C)C.Cl.Cl. The molecule has 5 rings (SSSR count). The molecular formula is C35H50Cl2N8O4. The predicted molar refractivity (Wildman–Crippen MR) is 200 cm³/mol. The van der Waals surface area contributed by atoms with E-state index >= 15 is 0 Å². The van der Waals surface area contributed by atoms with E-state index < -0.39 is 23.5 Å². The Morgan fingerprint density at radius 3 is 2.29 bits per heavy atom. The van der Waals surface area contributed by atoms with Crippen LogP contribution < -0.4 is 30.9 Å². The van der Waals surface area contributed by atoms with Gasteiger partial charge in [-0.3, -0.25) is 14.4 Å². The number of carbonyl (C=O) groups is 3. The second-order valence-corrected chi connectivity index (χ2v) is 13.5. The highest BCUT2D eigenvalue weighted by atomic mass is 35.5. The molecule has 2 saturated heterocycles. The van der Waals surface area contributed by atoms with Crippen LogP contribution in [0.2, 0.25) is 0 Å². The van der Waals surface area contributed by atoms with Gasteiger partial charge in [-0.1, -0.05) is 20.8 Å². The van der Waals surface area contributed by atoms with Gasteiger partial charge in [-0.05, 0) is 81.8 Å². The van der Waals surface area contributed by atoms with E-state index in [-0.39, 0.29) is 42.5 Å². The molecule has 2 fully saturated rings. The van der Waals surface area contributed by atoms with Crippen LogP contribution in [0.25, 0.3) is 10.9 Å². The van der Waals surface area contributed by atoms with Gasteiger partial charge in [0.25, 0.3) is 0 Å². The van der Waals surface area contributed by atoms with E-state index in [2.05, 4.69) is 48.3 Å². The Balaban J connectivity index is 0.00000325. The zero-order valence-corrected chi connectivity index (χ0v) is 30.8. The Morgan fingerprint density at radius 1 is 0.959 bits per heavy atom. The van der Waals surface area contributed by atoms with E-state index in [1.165, 1.54) is 38.4 Å². The number of benzene rings is 2. The average molecular weight is 718 g/mol. The summed E-state index contributed by atoms with van der Waals surface area (Å²) in [5, 5.41) is 13.0. The van der Waals surface area contributed by atoms with Gasteiger partial charge in [0.05, 0.1) is 24.4 Å². The Bertz CT molecular complexity index is 1590. The number of halogens is 2. The number of ether oxygens (including phenoxy) is 1. The summed E-state index contributed by atoms with van der Waals surface area (Å²) < 4.78 is 5.65. The highest BCUT2D eigenvalue weighted by molar-refractivity contribution is 6.03. The van der Waals surface area contributed by atoms with E-state index in [0.717, 1.165) is 18.8 Å². The lowest BCUT2D eigenvalue weighted by Crippen LogP contribution is -2.59. The van der Waals surface area contributed by atoms with Gasteiger partial charge in [-0.2, -0.15) is 0 Å². The molecule has 12 nitrogen and oxygen atoms in total. The molecule has 0 aliphatic carbocycles. The highest BCUT2D eigenvalue weighted by Crippen LogP contribution is 2.34. The molecule has 4 N–H and O–H groups in total. The maximum Gasteiger partial charge on any atom is 0.247 e. The van der Waals surface area contributed by atoms with Gasteiger partial charge in [-0.25, -0.2) is 9.97 Å². The van der Waals surface area contributed by atoms with Crippen LogP contribution in [-0.2, 0) is 14.4 Å². The number of anilines is 4. The number of amides is 3. The van der Waals surface area contributed by atoms with Crippen LogP contribution in [0.5, 0.6) is 5.75 Å². The van der Waals surface area contributed by atoms with Crippen molar-refractivity contribution in [3.63, 3.8) is 0 Å². The van der Waals surface area contributed by atoms with Crippen molar-refractivity contribution >= 4 is 76.3 Å². The zero-order valence-electron chi connectivity index (χ0n) is 29.2. The van der Waals surface area contributed by atoms with Crippen molar-refractivity contribution < 1.29 is 19.1 Å². The summed E-state index contributed by atoms with van der Waals surface area (Å²) in [7, 11) is 3.23. The fourth-order valence-corrected chi connectivity index (χ4v) is 6.23. The van der Waals surface area contributed by atoms with Crippen molar-refractivity contribution in [2.24, 2.45) is 5.41 Å². The second-order valence-electron chi connectivity index (χ2n) is 13.5. The Kier molecular flexibility index (Phi) is 13.9. The summed E-state index contributed by atoms with van der Waals surface area (Å²) in [6.07, 6.45) is 6.40. The van der Waals surface area contributed by atoms with Crippen molar-refractivity contribution in [2.45, 2.75) is 77.9 Å². The van der Waals surface area contributed by atoms with Gasteiger partial charge in [0.2, 0.25) is 17.7 Å². The number of carbonyl (C=O) groups excluding carboxylic acids is 3. The molecule has 3 atom stereocenters. The molecule has 2 aliphatic rings. The van der Waals surface area contributed by atoms with Gasteiger partial charge < -0.3 is 35.8 Å². The van der Waals surface area contributed by atoms with Crippen LogP contribution in [0.3, 0.4) is 0 Å². The number of fused-ring (bicyclic) bond motifs is 1. The molecule has 49 heavy (non-hydrogen) atoms. The molecule has 0 bridgehead atoms. The van der Waals surface area contributed by atoms with Gasteiger partial charge in [-0.15, -0.1) is 24.8 Å². The number of likely N-dealkylation sites (tertiary alicyclic amines) is 1. The number of methoxy groups -OCH3 is 1. The molecular weight excluding hydrogens is 667 g/mol. The summed E-state index contributed by atoms with van der Waals surface area (Å²) in [4.78, 5) is 53.4. The first-order valence-corrected chi connectivity index (χ1v) is 16.5. The third-order valence-corrected chi connectivity index (χ3v) is 9.13. The fourth-order valence-electron chi connectivity index (χ4n) is 6.23. The van der Waals surface area contributed by atoms with E-state index in [1.807, 2.05) is 32.9 Å². The van der Waals surface area contributed by atoms with Crippen molar-refractivity contribution in [3.8, 4) is 5.75 Å². The monoisotopic (exact) mass is 716 g/mol. The Labute approximate surface area is 301 Å². The second kappa shape index (κ2) is 17.2. The third kappa shape index (κ3) is 9.23. The highest BCUT2D eigenvalue weighted by Gasteiger charge is 2.42. The Morgan fingerprint density at radius 2 is 1.65 bits per heavy atom. The summed E-state index contributed by atoms with van der Waals surface area (Å²) in [5.41, 5.74) is 2.63. The summed E-state index contributed by atoms with van der Waals surface area (Å²) >= 11 is 0. The van der Waals surface area contributed by atoms with Gasteiger partial charge in [0.15, 0.2) is 0 Å². The van der Waals surface area contributed by atoms with Gasteiger partial charge >= 0.3 is 0 Å². The van der Waals surface area contributed by atoms with Crippen LogP contribution >= 0.6 is 24.8 Å². The maximum absolute atomic E-state index is 13.9. The fraction of sp³-hybridized carbons (Fsp3) is 0.514. The molecule has 3 aromatic rings. The molecule has 0 saturated carbocycles. The standard InChI is InChI=1S/C35H48N8O4.2ClH/c1-22(36-5)32(44)41-30(35(2,3)4)34(46)43-18-10-11-28(43)33(45)40-27-19-25-26(20-29(27)47-6)37-21-38-31(25)39-23-12-14-24(15-13-23)42-16-8-7-9-17-42;;/h12-15,19-22,28,30,36H,7-11,16-18H2,1-6H3,(H,40,45)(H,41,44)(H,37,38,39);2*1H/t22-,28?,30+;;/m0../s1. The molecule has 1 aromatic heterocycles. The summed E-state index contributed by atoms with van der Waals surface area (Å²) in [5.74, 6) is 0.167. The quantitative estimate of drug-likeness (QED) is 0.221. The average Bonchev–Trinajstić information content (AvgIpc) is 3.57. The minimum absolute atomic E-state index is 0. The third-order valence-electron chi connectivity index (χ3n) is 9.13. The van der Waals surface area contributed by atoms with E-state index in [1.54, 1.807) is 31.0 Å². The first kappa shape index (κ1) is 39.6. The number of nitrogens with one attached hydrogen (secondary N) is 4. The van der Waals surface area contributed by atoms with Crippen molar-refractivity contribution in [2.75, 3.05) is 49.3 Å². The molecule has 3 heterocycles. The lowest BCUT2D eigenvalue weighted by Gasteiger charge is -2.36. The van der Waals surface area contributed by atoms with Crippen LogP contribution in [0.15, 0.2) is 42.7 Å². The summed E-state index contributed by atoms with van der Waals surface area (Å²) in [6.45, 7) is 10.0. The molecule has 0 spiro atoms. The predicted octanol–water partition coefficient (Wildman–Crippen LogP) is 5.28. The zero-order chi connectivity index (χ0) is 33.7. The van der Waals surface area contributed by atoms with E-state index in [9.17, 15) is 14.4 Å². The van der Waals surface area contributed by atoms with Crippen molar-refractivity contribution in [3.05, 3.63) is 42.7 Å². The molecule has 0 radical (unpaired) electrons. The minimum atomic E-state index is -0.797. The maximum atomic E-state index is 13.9. The molecule has 3 amide bonds. The number of rotatable bonds is 10. The lowest BCUT2D eigenvalue weighted by molar-refractivity contribution is -0.143. The Hall–Kier alpha value is -3.87. The van der Waals surface area contributed by atoms with Crippen LogP contribution in [0.1, 0.15) is 59.8 Å². The summed E-state index contributed by atoms with van der Waals surface area (Å²) in [6, 6.07) is 9.94. The topological polar surface area (TPSA) is 141 Å². The van der Waals surface area contributed by atoms with E-state index in [0.29, 0.717) is 47.5 Å². The van der Waals surface area contributed by atoms with Crippen LogP contribution in [0, 0.1) is 5.41 Å². The number of hydrogen-bond acceptors (Lipinski definition) is 9. The van der Waals surface area contributed by atoms with Crippen molar-refractivity contribution in [1.29, 1.82) is 0 Å². The molecule has 2 aromatic carbocycles. The molecule has 268 valence electrons. The van der Waals surface area contributed by atoms with Crippen molar-refractivity contribution in [1.82, 2.24) is 25.5 Å². The minimum Gasteiger partial charge on any atom is -0.494 e. The van der Waals surface area contributed by atoms with Crippen LogP contribution in [0.4, 0.5) is 22.9 Å². The molecule has 2 aliphatic heterocycles. The number of piperidine rings is 1. The number of aromatic nitrogens is 2. The number of nitrogens with zero attached hydrogens (tertiary/aromatic N) is 4.